The van der Waals surface area contributed by atoms with Crippen molar-refractivity contribution in [2.24, 2.45) is 0 Å². The molecule has 0 aromatic rings. The number of rotatable bonds is 2. The van der Waals surface area contributed by atoms with Crippen molar-refractivity contribution < 1.29 is 8.22 Å². The maximum absolute atomic E-state index is 11.4. The molecule has 0 aliphatic carbocycles. The molecule has 0 saturated heterocycles. The Morgan fingerprint density at radius 3 is 1.86 bits per heavy atom. The first-order valence-corrected chi connectivity index (χ1v) is 3.74. The fourth-order valence-electron chi connectivity index (χ4n) is 0.276. The Labute approximate surface area is 43.9 Å². The van der Waals surface area contributed by atoms with Gasteiger partial charge in [-0.25, -0.2) is 0 Å². The van der Waals surface area contributed by atoms with E-state index in [0.29, 0.717) is 0 Å². The van der Waals surface area contributed by atoms with Gasteiger partial charge in [0.15, 0.2) is 0 Å². The first-order chi connectivity index (χ1) is 3.13. The summed E-state index contributed by atoms with van der Waals surface area (Å²) in [5.74, 6) is 0. The summed E-state index contributed by atoms with van der Waals surface area (Å²) in [6.07, 6.45) is 0. The van der Waals surface area contributed by atoms with Gasteiger partial charge in [0.1, 0.15) is 0 Å². The summed E-state index contributed by atoms with van der Waals surface area (Å²) < 4.78 is 22.8. The van der Waals surface area contributed by atoms with Crippen molar-refractivity contribution in [1.29, 1.82) is 0 Å². The summed E-state index contributed by atoms with van der Waals surface area (Å²) in [5, 5.41) is 0. The average Bonchev–Trinajstić information content (AvgIpc) is 1.27. The highest BCUT2D eigenvalue weighted by Crippen LogP contribution is 1.85. The Bertz CT molecular complexity index is 42.2. The van der Waals surface area contributed by atoms with Gasteiger partial charge in [0.05, 0.1) is 0 Å². The summed E-state index contributed by atoms with van der Waals surface area (Å²) >= 11 is 0. The summed E-state index contributed by atoms with van der Waals surface area (Å²) in [4.78, 5) is 1.51. The summed E-state index contributed by atoms with van der Waals surface area (Å²) in [5.41, 5.74) is 0. The molecule has 0 amide bonds. The van der Waals surface area contributed by atoms with Crippen molar-refractivity contribution in [1.82, 2.24) is 4.90 Å². The zero-order valence-corrected chi connectivity index (χ0v) is 5.64. The van der Waals surface area contributed by atoms with Crippen LogP contribution in [-0.2, 0) is 0 Å². The molecule has 0 unspecified atom stereocenters. The minimum absolute atomic E-state index is 0. The van der Waals surface area contributed by atoms with E-state index in [-0.39, 0.29) is 6.17 Å². The molecule has 0 saturated carbocycles. The maximum Gasteiger partial charge on any atom is 0.424 e. The predicted molar refractivity (Wildman–Crippen MR) is 27.9 cm³/mol. The van der Waals surface area contributed by atoms with Crippen LogP contribution in [0.1, 0.15) is 0 Å². The van der Waals surface area contributed by atoms with Crippen molar-refractivity contribution in [3.8, 4) is 0 Å². The summed E-state index contributed by atoms with van der Waals surface area (Å²) in [6.45, 7) is 0. The average molecular weight is 125 g/mol. The molecule has 0 spiro atoms. The Morgan fingerprint density at radius 2 is 1.86 bits per heavy atom. The Morgan fingerprint density at radius 1 is 1.43 bits per heavy atom. The number of nitrogens with zero attached hydrogens (tertiary/aromatic N) is 1. The summed E-state index contributed by atoms with van der Waals surface area (Å²) in [6, 6.07) is 0. The molecule has 7 heavy (non-hydrogen) atoms. The molecule has 0 aromatic heterocycles. The fraction of sp³-hybridized carbons (Fsp3) is 1.00. The Balaban J connectivity index is 2.95. The molecular weight excluding hydrogens is 116 g/mol. The smallest absolute Gasteiger partial charge is 0.307 e. The van der Waals surface area contributed by atoms with Crippen molar-refractivity contribution in [3.63, 3.8) is 0 Å². The van der Waals surface area contributed by atoms with Gasteiger partial charge in [0.25, 0.3) is 0 Å². The van der Waals surface area contributed by atoms with Crippen LogP contribution in [0.15, 0.2) is 0 Å². The van der Waals surface area contributed by atoms with Gasteiger partial charge >= 0.3 is 9.46 Å². The lowest BCUT2D eigenvalue weighted by atomic mass is 11.0. The van der Waals surface area contributed by atoms with E-state index in [1.807, 2.05) is 0 Å². The van der Waals surface area contributed by atoms with Crippen molar-refractivity contribution in [2.45, 2.75) is 0 Å². The molecule has 1 nitrogen and oxygen atoms in total. The van der Waals surface area contributed by atoms with Crippen LogP contribution in [-0.4, -0.2) is 34.6 Å². The van der Waals surface area contributed by atoms with E-state index >= 15 is 0 Å². The van der Waals surface area contributed by atoms with Gasteiger partial charge in [-0.05, 0) is 14.1 Å². The van der Waals surface area contributed by atoms with E-state index in [0.717, 1.165) is 0 Å². The van der Waals surface area contributed by atoms with Crippen LogP contribution in [0.5, 0.6) is 0 Å². The molecule has 0 fully saturated rings. The zero-order chi connectivity index (χ0) is 5.86. The molecule has 0 atom stereocenters. The molecule has 0 N–H and O–H groups in total. The third-order valence-corrected chi connectivity index (χ3v) is 1.51. The van der Waals surface area contributed by atoms with Gasteiger partial charge in [-0.2, -0.15) is 0 Å². The van der Waals surface area contributed by atoms with E-state index in [2.05, 4.69) is 0 Å². The molecule has 0 radical (unpaired) electrons. The Kier molecular flexibility index (Phi) is 3.11. The minimum atomic E-state index is -3.30. The quantitative estimate of drug-likeness (QED) is 0.377. The van der Waals surface area contributed by atoms with Crippen LogP contribution >= 0.6 is 0 Å². The molecule has 4 heteroatoms. The highest BCUT2D eigenvalue weighted by molar-refractivity contribution is 6.42. The fourth-order valence-corrected chi connectivity index (χ4v) is 0.828. The normalized spacial score (nSPS) is 11.1. The predicted octanol–water partition coefficient (Wildman–Crippen LogP) is 0.247. The van der Waals surface area contributed by atoms with Crippen molar-refractivity contribution in [2.75, 3.05) is 20.3 Å². The molecule has 0 heterocycles. The third kappa shape index (κ3) is 6.04. The lowest BCUT2D eigenvalue weighted by Crippen LogP contribution is -2.22. The zero-order valence-electron chi connectivity index (χ0n) is 4.49. The van der Waals surface area contributed by atoms with Crippen LogP contribution in [0.3, 0.4) is 0 Å². The maximum atomic E-state index is 11.4. The van der Waals surface area contributed by atoms with Crippen LogP contribution in [0.4, 0.5) is 8.22 Å². The minimum Gasteiger partial charge on any atom is -0.307 e. The Hall–Kier alpha value is 0.0369. The monoisotopic (exact) mass is 125 g/mol. The van der Waals surface area contributed by atoms with Crippen molar-refractivity contribution >= 4 is 9.46 Å². The van der Waals surface area contributed by atoms with Gasteiger partial charge in [-0.3, -0.25) is 8.22 Å². The molecule has 0 aliphatic rings. The largest absolute Gasteiger partial charge is 0.424 e. The van der Waals surface area contributed by atoms with Gasteiger partial charge in [-0.1, -0.05) is 0 Å². The standard InChI is InChI=1S/C3H9F2NSi/c1-6(2)3-7(4)5/h7H,3H2,1-2H3. The van der Waals surface area contributed by atoms with E-state index in [9.17, 15) is 8.22 Å². The number of hydrogen-bond acceptors (Lipinski definition) is 1. The molecule has 44 valence electrons. The molecule has 0 rings (SSSR count). The first-order valence-electron chi connectivity index (χ1n) is 2.06. The van der Waals surface area contributed by atoms with Crippen LogP contribution in [0.25, 0.3) is 0 Å². The van der Waals surface area contributed by atoms with Crippen LogP contribution < -0.4 is 0 Å². The second-order valence-corrected chi connectivity index (χ2v) is 2.80. The number of halogens is 2. The van der Waals surface area contributed by atoms with Crippen LogP contribution in [0, 0.1) is 0 Å². The van der Waals surface area contributed by atoms with E-state index in [1.165, 1.54) is 4.90 Å². The number of hydrogen-bond donors (Lipinski definition) is 0. The molecular formula is C3H9F2NSi. The molecule has 0 bridgehead atoms. The van der Waals surface area contributed by atoms with E-state index in [1.54, 1.807) is 14.1 Å². The van der Waals surface area contributed by atoms with Gasteiger partial charge < -0.3 is 4.90 Å². The van der Waals surface area contributed by atoms with E-state index in [4.69, 9.17) is 0 Å². The SMILES string of the molecule is CN(C)C[SiH](F)F. The highest BCUT2D eigenvalue weighted by atomic mass is 28.4. The van der Waals surface area contributed by atoms with Gasteiger partial charge in [0, 0.05) is 6.17 Å². The van der Waals surface area contributed by atoms with Gasteiger partial charge in [0.2, 0.25) is 0 Å². The van der Waals surface area contributed by atoms with Crippen molar-refractivity contribution in [3.05, 3.63) is 0 Å². The second kappa shape index (κ2) is 3.09. The topological polar surface area (TPSA) is 3.24 Å². The second-order valence-electron chi connectivity index (χ2n) is 1.65. The van der Waals surface area contributed by atoms with Gasteiger partial charge in [-0.15, -0.1) is 0 Å². The van der Waals surface area contributed by atoms with E-state index < -0.39 is 9.46 Å². The van der Waals surface area contributed by atoms with Crippen LogP contribution in [0.2, 0.25) is 0 Å². The summed E-state index contributed by atoms with van der Waals surface area (Å²) in [7, 11) is 0.00142. The molecule has 0 aromatic carbocycles. The highest BCUT2D eigenvalue weighted by Gasteiger charge is 2.06. The molecule has 0 aliphatic heterocycles. The third-order valence-electron chi connectivity index (χ3n) is 0.503. The first kappa shape index (κ1) is 7.04. The lowest BCUT2D eigenvalue weighted by Gasteiger charge is -2.04. The lowest BCUT2D eigenvalue weighted by molar-refractivity contribution is 0.443.